The van der Waals surface area contributed by atoms with E-state index in [1.165, 1.54) is 57.7 Å². The summed E-state index contributed by atoms with van der Waals surface area (Å²) in [7, 11) is 0. The van der Waals surface area contributed by atoms with Crippen LogP contribution in [0.25, 0.3) is 21.5 Å². The number of nitrogens with one attached hydrogen (secondary N) is 1. The summed E-state index contributed by atoms with van der Waals surface area (Å²) < 4.78 is 0. The van der Waals surface area contributed by atoms with Crippen LogP contribution in [0.5, 0.6) is 0 Å². The number of aliphatic imine (C=N–C) groups is 1. The zero-order valence-electron chi connectivity index (χ0n) is 19.5. The van der Waals surface area contributed by atoms with E-state index in [1.54, 1.807) is 11.3 Å². The number of rotatable bonds is 4. The Morgan fingerprint density at radius 1 is 0.882 bits per heavy atom. The van der Waals surface area contributed by atoms with Crippen LogP contribution < -0.4 is 5.32 Å². The van der Waals surface area contributed by atoms with Crippen LogP contribution in [0.1, 0.15) is 71.3 Å². The highest BCUT2D eigenvalue weighted by atomic mass is 32.1. The van der Waals surface area contributed by atoms with E-state index in [2.05, 4.69) is 59.9 Å². The number of hydrogen-bond donors (Lipinski definition) is 1. The number of carbonyl (C=O) groups is 1. The highest BCUT2D eigenvalue weighted by Gasteiger charge is 2.27. The molecule has 172 valence electrons. The number of aryl methyl sites for hydroxylation is 1. The van der Waals surface area contributed by atoms with Crippen molar-refractivity contribution >= 4 is 50.0 Å². The zero-order chi connectivity index (χ0) is 22.9. The van der Waals surface area contributed by atoms with Crippen LogP contribution in [0.15, 0.2) is 59.6 Å². The molecular weight excluding hydrogens is 436 g/mol. The van der Waals surface area contributed by atoms with Crippen LogP contribution in [0.2, 0.25) is 0 Å². The van der Waals surface area contributed by atoms with Gasteiger partial charge in [0.1, 0.15) is 5.00 Å². The van der Waals surface area contributed by atoms with Crippen molar-refractivity contribution in [2.45, 2.75) is 63.8 Å². The molecule has 0 atom stereocenters. The highest BCUT2D eigenvalue weighted by Crippen LogP contribution is 2.40. The topological polar surface area (TPSA) is 41.5 Å². The van der Waals surface area contributed by atoms with Crippen LogP contribution in [0, 0.1) is 0 Å². The fraction of sp³-hybridized carbons (Fsp3) is 0.333. The van der Waals surface area contributed by atoms with Crippen molar-refractivity contribution in [3.63, 3.8) is 0 Å². The molecule has 3 aromatic carbocycles. The molecule has 6 rings (SSSR count). The van der Waals surface area contributed by atoms with Gasteiger partial charge in [0, 0.05) is 22.7 Å². The second-order valence-electron chi connectivity index (χ2n) is 9.69. The van der Waals surface area contributed by atoms with Gasteiger partial charge in [-0.2, -0.15) is 0 Å². The van der Waals surface area contributed by atoms with E-state index in [1.807, 2.05) is 6.21 Å². The summed E-state index contributed by atoms with van der Waals surface area (Å²) in [5, 5.41) is 9.05. The lowest BCUT2D eigenvalue weighted by molar-refractivity contribution is 0.0927. The first-order chi connectivity index (χ1) is 16.8. The number of carbonyl (C=O) groups excluding carboxylic acids is 1. The number of benzene rings is 3. The molecule has 2 aliphatic rings. The molecule has 3 nitrogen and oxygen atoms in total. The molecule has 1 fully saturated rings. The minimum absolute atomic E-state index is 0.0845. The molecule has 1 aromatic heterocycles. The van der Waals surface area contributed by atoms with Gasteiger partial charge >= 0.3 is 0 Å². The van der Waals surface area contributed by atoms with E-state index < -0.39 is 0 Å². The minimum Gasteiger partial charge on any atom is -0.349 e. The van der Waals surface area contributed by atoms with Crippen LogP contribution >= 0.6 is 11.3 Å². The SMILES string of the molecule is O=C(NC1CCCCC1)c1c(/N=C/c2c3ccccc3cc3ccccc23)sc2c1CCCC2. The van der Waals surface area contributed by atoms with Gasteiger partial charge in [-0.05, 0) is 71.7 Å². The van der Waals surface area contributed by atoms with Gasteiger partial charge in [-0.15, -0.1) is 11.3 Å². The normalized spacial score (nSPS) is 16.8. The van der Waals surface area contributed by atoms with Gasteiger partial charge in [0.25, 0.3) is 5.91 Å². The molecule has 34 heavy (non-hydrogen) atoms. The van der Waals surface area contributed by atoms with Crippen molar-refractivity contribution in [3.8, 4) is 0 Å². The number of amides is 1. The molecular formula is C30H30N2OS. The third kappa shape index (κ3) is 4.05. The van der Waals surface area contributed by atoms with Gasteiger partial charge < -0.3 is 5.32 Å². The van der Waals surface area contributed by atoms with Gasteiger partial charge in [-0.3, -0.25) is 4.79 Å². The minimum atomic E-state index is 0.0845. The summed E-state index contributed by atoms with van der Waals surface area (Å²) in [6, 6.07) is 19.5. The fourth-order valence-corrected chi connectivity index (χ4v) is 6.92. The van der Waals surface area contributed by atoms with Crippen molar-refractivity contribution in [1.29, 1.82) is 0 Å². The average Bonchev–Trinajstić information content (AvgIpc) is 3.25. The molecule has 1 heterocycles. The molecule has 1 saturated carbocycles. The molecule has 0 aliphatic heterocycles. The first kappa shape index (κ1) is 21.5. The van der Waals surface area contributed by atoms with E-state index in [4.69, 9.17) is 4.99 Å². The second-order valence-corrected chi connectivity index (χ2v) is 10.8. The summed E-state index contributed by atoms with van der Waals surface area (Å²) in [5.74, 6) is 0.0845. The first-order valence-electron chi connectivity index (χ1n) is 12.7. The summed E-state index contributed by atoms with van der Waals surface area (Å²) in [4.78, 5) is 19.9. The summed E-state index contributed by atoms with van der Waals surface area (Å²) in [6.45, 7) is 0. The third-order valence-electron chi connectivity index (χ3n) is 7.44. The van der Waals surface area contributed by atoms with Crippen molar-refractivity contribution in [2.24, 2.45) is 4.99 Å². The molecule has 0 spiro atoms. The lowest BCUT2D eigenvalue weighted by Gasteiger charge is -2.23. The van der Waals surface area contributed by atoms with Crippen LogP contribution in [-0.2, 0) is 12.8 Å². The lowest BCUT2D eigenvalue weighted by Crippen LogP contribution is -2.36. The van der Waals surface area contributed by atoms with E-state index in [9.17, 15) is 4.79 Å². The third-order valence-corrected chi connectivity index (χ3v) is 8.64. The predicted octanol–water partition coefficient (Wildman–Crippen LogP) is 7.75. The Morgan fingerprint density at radius 2 is 1.56 bits per heavy atom. The van der Waals surface area contributed by atoms with Crippen molar-refractivity contribution in [1.82, 2.24) is 5.32 Å². The molecule has 4 heteroatoms. The van der Waals surface area contributed by atoms with Crippen molar-refractivity contribution in [3.05, 3.63) is 76.2 Å². The molecule has 0 bridgehead atoms. The predicted molar refractivity (Wildman–Crippen MR) is 144 cm³/mol. The maximum Gasteiger partial charge on any atom is 0.254 e. The Bertz CT molecular complexity index is 1340. The molecule has 0 unspecified atom stereocenters. The summed E-state index contributed by atoms with van der Waals surface area (Å²) in [5.41, 5.74) is 3.21. The van der Waals surface area contributed by atoms with Crippen molar-refractivity contribution in [2.75, 3.05) is 0 Å². The lowest BCUT2D eigenvalue weighted by atomic mass is 9.93. The zero-order valence-corrected chi connectivity index (χ0v) is 20.3. The number of thiophene rings is 1. The van der Waals surface area contributed by atoms with Crippen LogP contribution in [0.3, 0.4) is 0 Å². The summed E-state index contributed by atoms with van der Waals surface area (Å²) >= 11 is 1.72. The van der Waals surface area contributed by atoms with E-state index >= 15 is 0 Å². The Hall–Kier alpha value is -2.98. The van der Waals surface area contributed by atoms with E-state index in [0.717, 1.165) is 48.2 Å². The van der Waals surface area contributed by atoms with Crippen LogP contribution in [0.4, 0.5) is 5.00 Å². The Morgan fingerprint density at radius 3 is 2.29 bits per heavy atom. The van der Waals surface area contributed by atoms with Gasteiger partial charge in [0.2, 0.25) is 0 Å². The monoisotopic (exact) mass is 466 g/mol. The largest absolute Gasteiger partial charge is 0.349 e. The second kappa shape index (κ2) is 9.34. The number of fused-ring (bicyclic) bond motifs is 3. The maximum atomic E-state index is 13.5. The van der Waals surface area contributed by atoms with Crippen LogP contribution in [-0.4, -0.2) is 18.2 Å². The van der Waals surface area contributed by atoms with Gasteiger partial charge in [-0.25, -0.2) is 4.99 Å². The van der Waals surface area contributed by atoms with E-state index in [-0.39, 0.29) is 5.91 Å². The smallest absolute Gasteiger partial charge is 0.254 e. The Labute approximate surface area is 204 Å². The molecule has 4 aromatic rings. The maximum absolute atomic E-state index is 13.5. The molecule has 1 amide bonds. The standard InChI is InChI=1S/C30H30N2OS/c33-29(32-22-12-2-1-3-13-22)28-25-16-8-9-17-27(25)34-30(28)31-19-26-23-14-6-4-10-20(23)18-21-11-5-7-15-24(21)26/h4-7,10-11,14-15,18-19,22H,1-3,8-9,12-13,16-17H2,(H,32,33)/b31-19+. The van der Waals surface area contributed by atoms with Gasteiger partial charge in [0.05, 0.1) is 5.56 Å². The fourth-order valence-electron chi connectivity index (χ4n) is 5.69. The van der Waals surface area contributed by atoms with Gasteiger partial charge in [-0.1, -0.05) is 67.8 Å². The quantitative estimate of drug-likeness (QED) is 0.242. The number of nitrogens with zero attached hydrogens (tertiary/aromatic N) is 1. The number of hydrogen-bond acceptors (Lipinski definition) is 3. The Kier molecular flexibility index (Phi) is 5.92. The Balaban J connectivity index is 1.43. The van der Waals surface area contributed by atoms with Gasteiger partial charge in [0.15, 0.2) is 0 Å². The summed E-state index contributed by atoms with van der Waals surface area (Å²) in [6.07, 6.45) is 12.3. The highest BCUT2D eigenvalue weighted by molar-refractivity contribution is 7.16. The molecule has 1 N–H and O–H groups in total. The van der Waals surface area contributed by atoms with Crippen molar-refractivity contribution < 1.29 is 4.79 Å². The molecule has 2 aliphatic carbocycles. The molecule has 0 saturated heterocycles. The molecule has 0 radical (unpaired) electrons. The van der Waals surface area contributed by atoms with E-state index in [0.29, 0.717) is 6.04 Å². The first-order valence-corrected chi connectivity index (χ1v) is 13.5. The average molecular weight is 467 g/mol.